The van der Waals surface area contributed by atoms with E-state index in [0.717, 1.165) is 11.1 Å². The van der Waals surface area contributed by atoms with Crippen LogP contribution < -0.4 is 0 Å². The minimum absolute atomic E-state index is 0.203. The van der Waals surface area contributed by atoms with Gasteiger partial charge in [0.25, 0.3) is 0 Å². The van der Waals surface area contributed by atoms with Crippen LogP contribution in [0.2, 0.25) is 0 Å². The number of rotatable bonds is 6. The topological polar surface area (TPSA) is 47.9 Å². The first-order valence-corrected chi connectivity index (χ1v) is 7.99. The first-order valence-electron chi connectivity index (χ1n) is 7.99. The van der Waals surface area contributed by atoms with Gasteiger partial charge in [-0.2, -0.15) is 0 Å². The largest absolute Gasteiger partial charge is 0.367 e. The SMILES string of the molecule is O[C@@H]1OC[C@H](F)[C@H](OCc2ccccc2)[C@@H]1OCc1ccccc1. The van der Waals surface area contributed by atoms with E-state index in [1.807, 2.05) is 60.7 Å². The van der Waals surface area contributed by atoms with E-state index in [2.05, 4.69) is 0 Å². The zero-order valence-electron chi connectivity index (χ0n) is 13.3. The Morgan fingerprint density at radius 1 is 0.875 bits per heavy atom. The highest BCUT2D eigenvalue weighted by molar-refractivity contribution is 5.14. The molecule has 5 heteroatoms. The number of aliphatic hydroxyl groups excluding tert-OH is 1. The van der Waals surface area contributed by atoms with Gasteiger partial charge < -0.3 is 19.3 Å². The molecule has 4 atom stereocenters. The molecule has 2 aromatic carbocycles. The van der Waals surface area contributed by atoms with E-state index in [9.17, 15) is 9.50 Å². The Labute approximate surface area is 140 Å². The lowest BCUT2D eigenvalue weighted by Gasteiger charge is -2.37. The number of benzene rings is 2. The monoisotopic (exact) mass is 332 g/mol. The van der Waals surface area contributed by atoms with E-state index < -0.39 is 24.7 Å². The summed E-state index contributed by atoms with van der Waals surface area (Å²) >= 11 is 0. The van der Waals surface area contributed by atoms with Crippen LogP contribution >= 0.6 is 0 Å². The summed E-state index contributed by atoms with van der Waals surface area (Å²) in [5.41, 5.74) is 1.87. The van der Waals surface area contributed by atoms with Crippen molar-refractivity contribution >= 4 is 0 Å². The molecular weight excluding hydrogens is 311 g/mol. The van der Waals surface area contributed by atoms with Crippen molar-refractivity contribution in [2.45, 2.75) is 37.9 Å². The molecule has 128 valence electrons. The standard InChI is InChI=1S/C19H21FO4/c20-16-13-24-19(21)18(23-12-15-9-5-2-6-10-15)17(16)22-11-14-7-3-1-4-8-14/h1-10,16-19,21H,11-13H2/t16-,17-,18-,19+/m0/s1. The fourth-order valence-electron chi connectivity index (χ4n) is 2.66. The second-order valence-electron chi connectivity index (χ2n) is 5.76. The maximum Gasteiger partial charge on any atom is 0.183 e. The molecule has 1 N–H and O–H groups in total. The van der Waals surface area contributed by atoms with Gasteiger partial charge in [0, 0.05) is 0 Å². The van der Waals surface area contributed by atoms with Crippen LogP contribution in [0.15, 0.2) is 60.7 Å². The third kappa shape index (κ3) is 4.39. The molecule has 1 aliphatic rings. The van der Waals surface area contributed by atoms with Gasteiger partial charge in [0.15, 0.2) is 12.5 Å². The lowest BCUT2D eigenvalue weighted by molar-refractivity contribution is -0.268. The molecular formula is C19H21FO4. The zero-order valence-corrected chi connectivity index (χ0v) is 13.3. The number of aliphatic hydroxyl groups is 1. The number of hydrogen-bond acceptors (Lipinski definition) is 4. The Morgan fingerprint density at radius 3 is 1.92 bits per heavy atom. The first-order chi connectivity index (χ1) is 11.7. The van der Waals surface area contributed by atoms with Crippen LogP contribution in [0.3, 0.4) is 0 Å². The summed E-state index contributed by atoms with van der Waals surface area (Å²) in [4.78, 5) is 0. The Balaban J connectivity index is 1.63. The molecule has 1 aliphatic heterocycles. The lowest BCUT2D eigenvalue weighted by atomic mass is 10.1. The van der Waals surface area contributed by atoms with Gasteiger partial charge in [0.1, 0.15) is 12.2 Å². The van der Waals surface area contributed by atoms with Crippen LogP contribution in [0, 0.1) is 0 Å². The van der Waals surface area contributed by atoms with Crippen molar-refractivity contribution in [3.05, 3.63) is 71.8 Å². The Morgan fingerprint density at radius 2 is 1.38 bits per heavy atom. The van der Waals surface area contributed by atoms with Crippen LogP contribution in [0.1, 0.15) is 11.1 Å². The Kier molecular flexibility index (Phi) is 5.93. The van der Waals surface area contributed by atoms with Gasteiger partial charge in [-0.05, 0) is 11.1 Å². The molecule has 0 aromatic heterocycles. The average molecular weight is 332 g/mol. The van der Waals surface area contributed by atoms with Crippen LogP contribution in [-0.4, -0.2) is 36.4 Å². The number of ether oxygens (including phenoxy) is 3. The quantitative estimate of drug-likeness (QED) is 0.884. The molecule has 1 heterocycles. The molecule has 0 radical (unpaired) electrons. The molecule has 0 aliphatic carbocycles. The van der Waals surface area contributed by atoms with Gasteiger partial charge >= 0.3 is 0 Å². The fraction of sp³-hybridized carbons (Fsp3) is 0.368. The molecule has 3 rings (SSSR count). The fourth-order valence-corrected chi connectivity index (χ4v) is 2.66. The molecule has 1 saturated heterocycles. The highest BCUT2D eigenvalue weighted by Crippen LogP contribution is 2.24. The highest BCUT2D eigenvalue weighted by Gasteiger charge is 2.41. The molecule has 1 fully saturated rings. The van der Waals surface area contributed by atoms with E-state index in [4.69, 9.17) is 14.2 Å². The second-order valence-corrected chi connectivity index (χ2v) is 5.76. The van der Waals surface area contributed by atoms with Gasteiger partial charge in [-0.15, -0.1) is 0 Å². The Hall–Kier alpha value is -1.79. The normalized spacial score (nSPS) is 27.1. The van der Waals surface area contributed by atoms with Crippen molar-refractivity contribution in [2.75, 3.05) is 6.61 Å². The minimum atomic E-state index is -1.35. The van der Waals surface area contributed by atoms with Gasteiger partial charge in [-0.3, -0.25) is 0 Å². The average Bonchev–Trinajstić information content (AvgIpc) is 2.63. The summed E-state index contributed by atoms with van der Waals surface area (Å²) in [6.07, 6.45) is -4.31. The maximum absolute atomic E-state index is 14.3. The van der Waals surface area contributed by atoms with Crippen LogP contribution in [0.5, 0.6) is 0 Å². The smallest absolute Gasteiger partial charge is 0.183 e. The Bertz CT molecular complexity index is 552. The zero-order chi connectivity index (χ0) is 16.8. The summed E-state index contributed by atoms with van der Waals surface area (Å²) in [5, 5.41) is 10.0. The summed E-state index contributed by atoms with van der Waals surface area (Å²) in [6.45, 7) is 0.305. The van der Waals surface area contributed by atoms with Gasteiger partial charge in [-0.25, -0.2) is 4.39 Å². The molecule has 24 heavy (non-hydrogen) atoms. The van der Waals surface area contributed by atoms with E-state index in [-0.39, 0.29) is 19.8 Å². The van der Waals surface area contributed by atoms with Crippen molar-refractivity contribution < 1.29 is 23.7 Å². The number of hydrogen-bond donors (Lipinski definition) is 1. The molecule has 0 saturated carbocycles. The third-order valence-corrected chi connectivity index (χ3v) is 3.96. The van der Waals surface area contributed by atoms with E-state index in [1.54, 1.807) is 0 Å². The highest BCUT2D eigenvalue weighted by atomic mass is 19.1. The molecule has 2 aromatic rings. The van der Waals surface area contributed by atoms with Gasteiger partial charge in [-0.1, -0.05) is 60.7 Å². The lowest BCUT2D eigenvalue weighted by Crippen LogP contribution is -2.53. The van der Waals surface area contributed by atoms with Crippen LogP contribution in [0.25, 0.3) is 0 Å². The summed E-state index contributed by atoms with van der Waals surface area (Å²) < 4.78 is 30.7. The van der Waals surface area contributed by atoms with Gasteiger partial charge in [0.05, 0.1) is 19.8 Å². The van der Waals surface area contributed by atoms with E-state index in [0.29, 0.717) is 0 Å². The predicted molar refractivity (Wildman–Crippen MR) is 86.9 cm³/mol. The first kappa shape index (κ1) is 17.0. The molecule has 0 amide bonds. The molecule has 0 bridgehead atoms. The van der Waals surface area contributed by atoms with Gasteiger partial charge in [0.2, 0.25) is 0 Å². The molecule has 0 spiro atoms. The van der Waals surface area contributed by atoms with Crippen molar-refractivity contribution in [1.29, 1.82) is 0 Å². The van der Waals surface area contributed by atoms with Crippen molar-refractivity contribution in [2.24, 2.45) is 0 Å². The van der Waals surface area contributed by atoms with E-state index >= 15 is 0 Å². The van der Waals surface area contributed by atoms with Crippen LogP contribution in [-0.2, 0) is 27.4 Å². The minimum Gasteiger partial charge on any atom is -0.367 e. The van der Waals surface area contributed by atoms with Crippen LogP contribution in [0.4, 0.5) is 4.39 Å². The van der Waals surface area contributed by atoms with Crippen molar-refractivity contribution in [3.63, 3.8) is 0 Å². The van der Waals surface area contributed by atoms with Crippen molar-refractivity contribution in [3.8, 4) is 0 Å². The molecule has 4 nitrogen and oxygen atoms in total. The summed E-state index contributed by atoms with van der Waals surface area (Å²) in [6, 6.07) is 19.0. The van der Waals surface area contributed by atoms with E-state index in [1.165, 1.54) is 0 Å². The summed E-state index contributed by atoms with van der Waals surface area (Å²) in [7, 11) is 0. The number of halogens is 1. The maximum atomic E-state index is 14.3. The third-order valence-electron chi connectivity index (χ3n) is 3.96. The van der Waals surface area contributed by atoms with Crippen molar-refractivity contribution in [1.82, 2.24) is 0 Å². The number of alkyl halides is 1. The second kappa shape index (κ2) is 8.35. The predicted octanol–water partition coefficient (Wildman–Crippen LogP) is 2.84. The molecule has 0 unspecified atom stereocenters. The summed E-state index contributed by atoms with van der Waals surface area (Å²) in [5.74, 6) is 0.